The molecule has 1 saturated heterocycles. The first-order valence-electron chi connectivity index (χ1n) is 10.6. The van der Waals surface area contributed by atoms with Gasteiger partial charge >= 0.3 is 6.03 Å². The Morgan fingerprint density at radius 2 is 1.73 bits per heavy atom. The summed E-state index contributed by atoms with van der Waals surface area (Å²) in [5.74, 6) is -0.556. The van der Waals surface area contributed by atoms with Gasteiger partial charge in [0.05, 0.1) is 6.54 Å². The van der Waals surface area contributed by atoms with E-state index in [1.165, 1.54) is 0 Å². The Hall–Kier alpha value is -2.95. The van der Waals surface area contributed by atoms with Crippen LogP contribution >= 0.6 is 0 Å². The molecule has 0 radical (unpaired) electrons. The number of amides is 3. The van der Waals surface area contributed by atoms with E-state index in [1.807, 2.05) is 36.4 Å². The van der Waals surface area contributed by atoms with Gasteiger partial charge in [-0.25, -0.2) is 4.79 Å². The maximum Gasteiger partial charge on any atom is 0.325 e. The van der Waals surface area contributed by atoms with E-state index in [0.29, 0.717) is 12.0 Å². The second-order valence-electron chi connectivity index (χ2n) is 9.34. The summed E-state index contributed by atoms with van der Waals surface area (Å²) < 4.78 is 0. The zero-order valence-electron chi connectivity index (χ0n) is 17.8. The van der Waals surface area contributed by atoms with Crippen LogP contribution in [0.2, 0.25) is 0 Å². The van der Waals surface area contributed by atoms with Gasteiger partial charge in [-0.1, -0.05) is 69.3 Å². The van der Waals surface area contributed by atoms with Crippen molar-refractivity contribution in [3.63, 3.8) is 0 Å². The Morgan fingerprint density at radius 3 is 2.43 bits per heavy atom. The van der Waals surface area contributed by atoms with Crippen LogP contribution in [0.1, 0.15) is 67.1 Å². The van der Waals surface area contributed by atoms with Crippen molar-refractivity contribution in [2.75, 3.05) is 6.54 Å². The number of fused-ring (bicyclic) bond motifs is 2. The van der Waals surface area contributed by atoms with Crippen molar-refractivity contribution < 1.29 is 14.4 Å². The van der Waals surface area contributed by atoms with Crippen LogP contribution in [0, 0.1) is 0 Å². The topological polar surface area (TPSA) is 66.5 Å². The average Bonchev–Trinajstić information content (AvgIpc) is 2.86. The minimum atomic E-state index is -1.06. The van der Waals surface area contributed by atoms with E-state index in [1.54, 1.807) is 12.1 Å². The lowest BCUT2D eigenvalue weighted by Gasteiger charge is -2.27. The third kappa shape index (κ3) is 3.42. The largest absolute Gasteiger partial charge is 0.325 e. The molecular formula is C25H28N2O3. The van der Waals surface area contributed by atoms with Crippen molar-refractivity contribution in [2.45, 2.75) is 57.4 Å². The maximum atomic E-state index is 13.5. The SMILES string of the molecule is CC(C)(C)c1ccc(C(=O)CN2C(=O)NC3(CCCCc4ccccc43)C2=O)cc1. The molecule has 156 valence electrons. The van der Waals surface area contributed by atoms with Crippen LogP contribution in [0.4, 0.5) is 4.79 Å². The fourth-order valence-corrected chi connectivity index (χ4v) is 4.51. The number of ketones is 1. The Kier molecular flexibility index (Phi) is 5.00. The Morgan fingerprint density at radius 1 is 1.03 bits per heavy atom. The minimum absolute atomic E-state index is 0.00829. The van der Waals surface area contributed by atoms with Gasteiger partial charge in [0.25, 0.3) is 5.91 Å². The van der Waals surface area contributed by atoms with Crippen molar-refractivity contribution in [3.05, 3.63) is 70.8 Å². The lowest BCUT2D eigenvalue weighted by molar-refractivity contribution is -0.131. The molecule has 5 nitrogen and oxygen atoms in total. The number of urea groups is 1. The highest BCUT2D eigenvalue weighted by molar-refractivity contribution is 6.11. The average molecular weight is 405 g/mol. The molecule has 1 aliphatic heterocycles. The Bertz CT molecular complexity index is 1000. The number of nitrogens with one attached hydrogen (secondary N) is 1. The third-order valence-electron chi connectivity index (χ3n) is 6.28. The smallest absolute Gasteiger partial charge is 0.319 e. The number of aryl methyl sites for hydroxylation is 1. The summed E-state index contributed by atoms with van der Waals surface area (Å²) in [7, 11) is 0. The molecule has 1 fully saturated rings. The fraction of sp³-hybridized carbons (Fsp3) is 0.400. The molecule has 1 N–H and O–H groups in total. The van der Waals surface area contributed by atoms with Crippen LogP contribution < -0.4 is 5.32 Å². The number of benzene rings is 2. The molecule has 2 aliphatic rings. The fourth-order valence-electron chi connectivity index (χ4n) is 4.51. The molecule has 0 bridgehead atoms. The normalized spacial score (nSPS) is 21.4. The summed E-state index contributed by atoms with van der Waals surface area (Å²) in [6.07, 6.45) is 3.26. The number of hydrogen-bond donors (Lipinski definition) is 1. The predicted molar refractivity (Wildman–Crippen MR) is 115 cm³/mol. The summed E-state index contributed by atoms with van der Waals surface area (Å²) in [5.41, 5.74) is 2.53. The monoisotopic (exact) mass is 404 g/mol. The van der Waals surface area contributed by atoms with Gasteiger partial charge in [0.1, 0.15) is 5.54 Å². The highest BCUT2D eigenvalue weighted by Crippen LogP contribution is 2.39. The molecule has 5 heteroatoms. The first-order chi connectivity index (χ1) is 14.2. The van der Waals surface area contributed by atoms with Crippen LogP contribution in [0.25, 0.3) is 0 Å². The van der Waals surface area contributed by atoms with Gasteiger partial charge in [-0.15, -0.1) is 0 Å². The van der Waals surface area contributed by atoms with Crippen molar-refractivity contribution in [1.82, 2.24) is 10.2 Å². The molecule has 1 atom stereocenters. The lowest BCUT2D eigenvalue weighted by Crippen LogP contribution is -2.44. The number of nitrogens with zero attached hydrogens (tertiary/aromatic N) is 1. The molecule has 2 aromatic rings. The summed E-state index contributed by atoms with van der Waals surface area (Å²) in [6.45, 7) is 6.09. The highest BCUT2D eigenvalue weighted by atomic mass is 16.2. The Balaban J connectivity index is 1.59. The Labute approximate surface area is 177 Å². The van der Waals surface area contributed by atoms with Crippen LogP contribution in [0.5, 0.6) is 0 Å². The second-order valence-corrected chi connectivity index (χ2v) is 9.34. The maximum absolute atomic E-state index is 13.5. The molecule has 2 aromatic carbocycles. The zero-order valence-corrected chi connectivity index (χ0v) is 17.8. The van der Waals surface area contributed by atoms with E-state index < -0.39 is 11.6 Å². The molecule has 1 aliphatic carbocycles. The summed E-state index contributed by atoms with van der Waals surface area (Å²) >= 11 is 0. The number of carbonyl (C=O) groups excluding carboxylic acids is 3. The van der Waals surface area contributed by atoms with Crippen molar-refractivity contribution in [1.29, 1.82) is 0 Å². The number of rotatable bonds is 3. The van der Waals surface area contributed by atoms with Crippen molar-refractivity contribution in [3.8, 4) is 0 Å². The van der Waals surface area contributed by atoms with Gasteiger partial charge < -0.3 is 5.32 Å². The number of carbonyl (C=O) groups is 3. The number of imide groups is 1. The van der Waals surface area contributed by atoms with Crippen LogP contribution in [0.15, 0.2) is 48.5 Å². The van der Waals surface area contributed by atoms with Gasteiger partial charge in [0.15, 0.2) is 5.78 Å². The van der Waals surface area contributed by atoms with Gasteiger partial charge in [-0.05, 0) is 47.8 Å². The summed E-state index contributed by atoms with van der Waals surface area (Å²) in [4.78, 5) is 40.2. The summed E-state index contributed by atoms with van der Waals surface area (Å²) in [6, 6.07) is 14.7. The molecule has 0 saturated carbocycles. The molecule has 1 unspecified atom stereocenters. The molecule has 30 heavy (non-hydrogen) atoms. The van der Waals surface area contributed by atoms with Gasteiger partial charge in [0.2, 0.25) is 0 Å². The summed E-state index contributed by atoms with van der Waals surface area (Å²) in [5, 5.41) is 2.94. The van der Waals surface area contributed by atoms with E-state index in [0.717, 1.165) is 40.9 Å². The van der Waals surface area contributed by atoms with E-state index in [-0.39, 0.29) is 23.7 Å². The highest BCUT2D eigenvalue weighted by Gasteiger charge is 2.53. The van der Waals surface area contributed by atoms with Crippen molar-refractivity contribution >= 4 is 17.7 Å². The van der Waals surface area contributed by atoms with E-state index in [4.69, 9.17) is 0 Å². The predicted octanol–water partition coefficient (Wildman–Crippen LogP) is 4.34. The molecule has 1 heterocycles. The second kappa shape index (κ2) is 7.38. The number of hydrogen-bond acceptors (Lipinski definition) is 3. The van der Waals surface area contributed by atoms with Gasteiger partial charge in [-0.3, -0.25) is 14.5 Å². The van der Waals surface area contributed by atoms with Crippen LogP contribution in [-0.2, 0) is 22.2 Å². The molecule has 4 rings (SSSR count). The van der Waals surface area contributed by atoms with Gasteiger partial charge in [0, 0.05) is 5.56 Å². The zero-order chi connectivity index (χ0) is 21.5. The number of Topliss-reactive ketones (excluding diaryl/α,β-unsaturated/α-hetero) is 1. The first kappa shape index (κ1) is 20.3. The minimum Gasteiger partial charge on any atom is -0.319 e. The van der Waals surface area contributed by atoms with Crippen molar-refractivity contribution in [2.24, 2.45) is 0 Å². The molecular weight excluding hydrogens is 376 g/mol. The lowest BCUT2D eigenvalue weighted by atomic mass is 9.84. The molecule has 3 amide bonds. The van der Waals surface area contributed by atoms with E-state index in [9.17, 15) is 14.4 Å². The van der Waals surface area contributed by atoms with E-state index in [2.05, 4.69) is 26.1 Å². The van der Waals surface area contributed by atoms with Gasteiger partial charge in [-0.2, -0.15) is 0 Å². The molecule has 0 aromatic heterocycles. The van der Waals surface area contributed by atoms with E-state index >= 15 is 0 Å². The third-order valence-corrected chi connectivity index (χ3v) is 6.28. The van der Waals surface area contributed by atoms with Crippen LogP contribution in [-0.4, -0.2) is 29.2 Å². The first-order valence-corrected chi connectivity index (χ1v) is 10.6. The quantitative estimate of drug-likeness (QED) is 0.611. The standard InChI is InChI=1S/C25H28N2O3/c1-24(2,3)19-13-11-18(12-14-19)21(28)16-27-22(29)25(26-23(27)30)15-7-6-9-17-8-4-5-10-20(17)25/h4-5,8,10-14H,6-7,9,15-16H2,1-3H3,(H,26,30). The van der Waals surface area contributed by atoms with Crippen LogP contribution in [0.3, 0.4) is 0 Å². The molecule has 1 spiro atoms.